The highest BCUT2D eigenvalue weighted by atomic mass is 19.4. The topological polar surface area (TPSA) is 98.7 Å². The average molecular weight is 424 g/mol. The smallest absolute Gasteiger partial charge is 0.383 e. The molecule has 0 aliphatic carbocycles. The Morgan fingerprint density at radius 1 is 1.00 bits per heavy atom. The molecule has 0 aliphatic heterocycles. The van der Waals surface area contributed by atoms with Gasteiger partial charge in [0.25, 0.3) is 5.91 Å². The molecule has 4 aromatic rings. The van der Waals surface area contributed by atoms with Crippen LogP contribution >= 0.6 is 0 Å². The lowest BCUT2D eigenvalue weighted by molar-refractivity contribution is -0.137. The molecule has 3 heterocycles. The summed E-state index contributed by atoms with van der Waals surface area (Å²) in [5, 5.41) is 6.66. The van der Waals surface area contributed by atoms with Crippen LogP contribution in [-0.2, 0) is 6.18 Å². The zero-order valence-corrected chi connectivity index (χ0v) is 15.8. The van der Waals surface area contributed by atoms with Gasteiger partial charge in [-0.05, 0) is 35.9 Å². The quantitative estimate of drug-likeness (QED) is 0.512. The van der Waals surface area contributed by atoms with E-state index in [-0.39, 0.29) is 17.2 Å². The van der Waals surface area contributed by atoms with Gasteiger partial charge in [0.15, 0.2) is 0 Å². The predicted molar refractivity (Wildman–Crippen MR) is 108 cm³/mol. The van der Waals surface area contributed by atoms with Gasteiger partial charge in [0.2, 0.25) is 0 Å². The van der Waals surface area contributed by atoms with E-state index in [2.05, 4.69) is 20.4 Å². The van der Waals surface area contributed by atoms with Gasteiger partial charge in [-0.2, -0.15) is 18.3 Å². The Kier molecular flexibility index (Phi) is 5.12. The molecular formula is C21H15F3N6O. The third kappa shape index (κ3) is 4.08. The Hall–Kier alpha value is -4.21. The molecule has 0 atom stereocenters. The van der Waals surface area contributed by atoms with Crippen molar-refractivity contribution in [3.63, 3.8) is 0 Å². The van der Waals surface area contributed by atoms with Gasteiger partial charge < -0.3 is 11.1 Å². The number of rotatable bonds is 4. The second-order valence-corrected chi connectivity index (χ2v) is 6.49. The van der Waals surface area contributed by atoms with Crippen LogP contribution in [0.3, 0.4) is 0 Å². The third-order valence-corrected chi connectivity index (χ3v) is 4.51. The van der Waals surface area contributed by atoms with Crippen molar-refractivity contribution in [3.05, 3.63) is 84.4 Å². The van der Waals surface area contributed by atoms with Gasteiger partial charge in [0.1, 0.15) is 17.2 Å². The minimum atomic E-state index is -4.51. The number of carbonyl (C=O) groups is 1. The summed E-state index contributed by atoms with van der Waals surface area (Å²) in [5.41, 5.74) is 7.70. The van der Waals surface area contributed by atoms with Crippen molar-refractivity contribution in [3.8, 4) is 16.8 Å². The summed E-state index contributed by atoms with van der Waals surface area (Å²) in [5.74, 6) is -0.606. The van der Waals surface area contributed by atoms with Crippen LogP contribution < -0.4 is 11.1 Å². The van der Waals surface area contributed by atoms with E-state index in [1.165, 1.54) is 10.9 Å². The second kappa shape index (κ2) is 7.90. The molecule has 0 fully saturated rings. The largest absolute Gasteiger partial charge is 0.417 e. The van der Waals surface area contributed by atoms with Gasteiger partial charge in [0, 0.05) is 24.2 Å². The molecule has 10 heteroatoms. The van der Waals surface area contributed by atoms with Crippen LogP contribution in [0.15, 0.2) is 73.3 Å². The van der Waals surface area contributed by atoms with Crippen LogP contribution in [0.25, 0.3) is 16.8 Å². The highest BCUT2D eigenvalue weighted by molar-refractivity contribution is 6.07. The second-order valence-electron chi connectivity index (χ2n) is 6.49. The first-order valence-electron chi connectivity index (χ1n) is 9.02. The Morgan fingerprint density at radius 3 is 2.42 bits per heavy atom. The third-order valence-electron chi connectivity index (χ3n) is 4.51. The Morgan fingerprint density at radius 2 is 1.74 bits per heavy atom. The fourth-order valence-electron chi connectivity index (χ4n) is 2.98. The zero-order valence-electron chi connectivity index (χ0n) is 15.8. The number of benzene rings is 1. The number of nitrogens with zero attached hydrogens (tertiary/aromatic N) is 4. The molecule has 31 heavy (non-hydrogen) atoms. The van der Waals surface area contributed by atoms with Crippen LogP contribution in [0.5, 0.6) is 0 Å². The standard InChI is InChI=1S/C21H15F3N6O/c22-21(23,24)14-5-6-18(27-11-14)29-20(31)16-12-28-30(19(16)25)17-4-2-1-3-15(17)13-7-9-26-10-8-13/h1-12H,25H2,(H,27,29,31). The first kappa shape index (κ1) is 20.1. The maximum Gasteiger partial charge on any atom is 0.417 e. The maximum atomic E-state index is 12.7. The Bertz CT molecular complexity index is 1220. The summed E-state index contributed by atoms with van der Waals surface area (Å²) in [4.78, 5) is 20.2. The first-order chi connectivity index (χ1) is 14.8. The summed E-state index contributed by atoms with van der Waals surface area (Å²) in [7, 11) is 0. The number of nitrogens with two attached hydrogens (primary N) is 1. The fraction of sp³-hybridized carbons (Fsp3) is 0.0476. The lowest BCUT2D eigenvalue weighted by Gasteiger charge is -2.11. The average Bonchev–Trinajstić information content (AvgIpc) is 3.15. The van der Waals surface area contributed by atoms with E-state index >= 15 is 0 Å². The molecule has 156 valence electrons. The molecule has 0 aliphatic rings. The summed E-state index contributed by atoms with van der Waals surface area (Å²) in [6, 6.07) is 12.9. The molecule has 0 radical (unpaired) electrons. The van der Waals surface area contributed by atoms with E-state index in [0.717, 1.165) is 23.3 Å². The number of halogens is 3. The molecule has 7 nitrogen and oxygen atoms in total. The van der Waals surface area contributed by atoms with E-state index < -0.39 is 17.6 Å². The molecule has 0 saturated carbocycles. The highest BCUT2D eigenvalue weighted by Gasteiger charge is 2.30. The highest BCUT2D eigenvalue weighted by Crippen LogP contribution is 2.30. The van der Waals surface area contributed by atoms with Crippen LogP contribution in [0.4, 0.5) is 24.8 Å². The van der Waals surface area contributed by atoms with Gasteiger partial charge >= 0.3 is 6.18 Å². The number of amides is 1. The minimum absolute atomic E-state index is 0.0395. The maximum absolute atomic E-state index is 12.7. The van der Waals surface area contributed by atoms with Crippen molar-refractivity contribution in [2.45, 2.75) is 6.18 Å². The number of alkyl halides is 3. The first-order valence-corrected chi connectivity index (χ1v) is 9.02. The molecule has 4 rings (SSSR count). The monoisotopic (exact) mass is 424 g/mol. The Labute approximate surface area is 174 Å². The van der Waals surface area contributed by atoms with E-state index in [0.29, 0.717) is 11.9 Å². The molecule has 1 amide bonds. The number of nitrogen functional groups attached to an aromatic ring is 1. The lowest BCUT2D eigenvalue weighted by atomic mass is 10.1. The van der Waals surface area contributed by atoms with Gasteiger partial charge in [-0.15, -0.1) is 0 Å². The summed E-state index contributed by atoms with van der Waals surface area (Å²) in [6.45, 7) is 0. The number of nitrogens with one attached hydrogen (secondary N) is 1. The van der Waals surface area contributed by atoms with Gasteiger partial charge in [-0.25, -0.2) is 9.67 Å². The van der Waals surface area contributed by atoms with Crippen LogP contribution in [0.1, 0.15) is 15.9 Å². The molecule has 3 aromatic heterocycles. The zero-order chi connectivity index (χ0) is 22.0. The van der Waals surface area contributed by atoms with Crippen LogP contribution in [0, 0.1) is 0 Å². The van der Waals surface area contributed by atoms with E-state index in [1.54, 1.807) is 18.5 Å². The molecule has 0 bridgehead atoms. The van der Waals surface area contributed by atoms with Gasteiger partial charge in [-0.3, -0.25) is 9.78 Å². The predicted octanol–water partition coefficient (Wildman–Crippen LogP) is 4.18. The van der Waals surface area contributed by atoms with Crippen molar-refractivity contribution in [2.75, 3.05) is 11.1 Å². The normalized spacial score (nSPS) is 11.3. The summed E-state index contributed by atoms with van der Waals surface area (Å²) < 4.78 is 39.4. The Balaban J connectivity index is 1.62. The van der Waals surface area contributed by atoms with E-state index in [1.807, 2.05) is 30.3 Å². The van der Waals surface area contributed by atoms with Crippen molar-refractivity contribution >= 4 is 17.5 Å². The van der Waals surface area contributed by atoms with Crippen molar-refractivity contribution in [1.82, 2.24) is 19.7 Å². The number of anilines is 2. The van der Waals surface area contributed by atoms with Crippen molar-refractivity contribution < 1.29 is 18.0 Å². The van der Waals surface area contributed by atoms with E-state index in [9.17, 15) is 18.0 Å². The van der Waals surface area contributed by atoms with Crippen molar-refractivity contribution in [1.29, 1.82) is 0 Å². The molecule has 0 saturated heterocycles. The minimum Gasteiger partial charge on any atom is -0.383 e. The molecular weight excluding hydrogens is 409 g/mol. The SMILES string of the molecule is Nc1c(C(=O)Nc2ccc(C(F)(F)F)cn2)cnn1-c1ccccc1-c1ccncc1. The lowest BCUT2D eigenvalue weighted by Crippen LogP contribution is -2.15. The summed E-state index contributed by atoms with van der Waals surface area (Å²) in [6.07, 6.45) is 0.748. The number of pyridine rings is 2. The summed E-state index contributed by atoms with van der Waals surface area (Å²) >= 11 is 0. The number of carbonyl (C=O) groups excluding carboxylic acids is 1. The van der Waals surface area contributed by atoms with Crippen LogP contribution in [0.2, 0.25) is 0 Å². The van der Waals surface area contributed by atoms with Crippen molar-refractivity contribution in [2.24, 2.45) is 0 Å². The van der Waals surface area contributed by atoms with Crippen LogP contribution in [-0.4, -0.2) is 25.7 Å². The van der Waals surface area contributed by atoms with E-state index in [4.69, 9.17) is 5.73 Å². The molecule has 1 aromatic carbocycles. The van der Waals surface area contributed by atoms with Gasteiger partial charge in [-0.1, -0.05) is 18.2 Å². The molecule has 3 N–H and O–H groups in total. The molecule has 0 unspecified atom stereocenters. The fourth-order valence-corrected chi connectivity index (χ4v) is 2.98. The number of hydrogen-bond donors (Lipinski definition) is 2. The number of para-hydroxylation sites is 1. The number of hydrogen-bond acceptors (Lipinski definition) is 5. The molecule has 0 spiro atoms. The number of aromatic nitrogens is 4. The van der Waals surface area contributed by atoms with Gasteiger partial charge in [0.05, 0.1) is 17.4 Å².